The summed E-state index contributed by atoms with van der Waals surface area (Å²) in [5, 5.41) is 0. The van der Waals surface area contributed by atoms with Crippen molar-refractivity contribution in [1.82, 2.24) is 4.57 Å². The quantitative estimate of drug-likeness (QED) is 0.566. The molecule has 1 aliphatic heterocycles. The van der Waals surface area contributed by atoms with Crippen molar-refractivity contribution >= 4 is 21.6 Å². The zero-order valence-corrected chi connectivity index (χ0v) is 17.4. The maximum absolute atomic E-state index is 12.7. The molecule has 1 fully saturated rings. The van der Waals surface area contributed by atoms with Crippen LogP contribution < -0.4 is 0 Å². The number of ether oxygens (including phenoxy) is 1. The number of rotatable bonds is 5. The van der Waals surface area contributed by atoms with Gasteiger partial charge in [0.1, 0.15) is 0 Å². The van der Waals surface area contributed by atoms with E-state index in [9.17, 15) is 18.0 Å². The number of hydrogen-bond acceptors (Lipinski definition) is 5. The predicted octanol–water partition coefficient (Wildman–Crippen LogP) is 3.12. The first-order valence-corrected chi connectivity index (χ1v) is 11.1. The van der Waals surface area contributed by atoms with Gasteiger partial charge >= 0.3 is 5.97 Å². The topological polar surface area (TPSA) is 82.4 Å². The third-order valence-electron chi connectivity index (χ3n) is 5.52. The van der Waals surface area contributed by atoms with Crippen LogP contribution in [0, 0.1) is 27.7 Å². The van der Waals surface area contributed by atoms with Crippen LogP contribution in [0.1, 0.15) is 55.7 Å². The summed E-state index contributed by atoms with van der Waals surface area (Å²) in [4.78, 5) is 25.0. The average molecular weight is 404 g/mol. The van der Waals surface area contributed by atoms with Crippen molar-refractivity contribution in [2.75, 3.05) is 18.1 Å². The fourth-order valence-electron chi connectivity index (χ4n) is 3.86. The molecule has 0 bridgehead atoms. The minimum Gasteiger partial charge on any atom is -0.454 e. The molecule has 1 aromatic carbocycles. The molecule has 2 aromatic rings. The normalized spacial score (nSPS) is 18.2. The summed E-state index contributed by atoms with van der Waals surface area (Å²) in [5.41, 5.74) is 4.29. The molecule has 1 aliphatic rings. The Morgan fingerprint density at radius 3 is 2.50 bits per heavy atom. The van der Waals surface area contributed by atoms with Gasteiger partial charge in [-0.05, 0) is 57.4 Å². The number of hydrogen-bond donors (Lipinski definition) is 0. The lowest BCUT2D eigenvalue weighted by atomic mass is 10.0. The molecular weight excluding hydrogens is 378 g/mol. The number of benzene rings is 1. The van der Waals surface area contributed by atoms with Gasteiger partial charge in [-0.15, -0.1) is 0 Å². The van der Waals surface area contributed by atoms with Gasteiger partial charge in [0.2, 0.25) is 5.78 Å². The summed E-state index contributed by atoms with van der Waals surface area (Å²) in [7, 11) is -3.02. The Balaban J connectivity index is 1.74. The first kappa shape index (κ1) is 20.3. The van der Waals surface area contributed by atoms with Crippen LogP contribution in [-0.2, 0) is 14.6 Å². The molecule has 150 valence electrons. The van der Waals surface area contributed by atoms with Gasteiger partial charge < -0.3 is 9.30 Å². The van der Waals surface area contributed by atoms with E-state index in [-0.39, 0.29) is 29.9 Å². The van der Waals surface area contributed by atoms with E-state index in [1.165, 1.54) is 0 Å². The molecule has 0 N–H and O–H groups in total. The second kappa shape index (κ2) is 7.54. The lowest BCUT2D eigenvalue weighted by molar-refractivity contribution is 0.0473. The third kappa shape index (κ3) is 3.90. The van der Waals surface area contributed by atoms with Crippen molar-refractivity contribution in [3.8, 4) is 0 Å². The summed E-state index contributed by atoms with van der Waals surface area (Å²) in [6, 6.07) is 6.97. The zero-order valence-electron chi connectivity index (χ0n) is 16.6. The first-order chi connectivity index (χ1) is 13.1. The van der Waals surface area contributed by atoms with E-state index >= 15 is 0 Å². The molecule has 7 heteroatoms. The van der Waals surface area contributed by atoms with Crippen LogP contribution in [0.15, 0.2) is 24.3 Å². The van der Waals surface area contributed by atoms with Crippen molar-refractivity contribution in [2.24, 2.45) is 0 Å². The molecule has 0 saturated carbocycles. The molecule has 0 radical (unpaired) electrons. The van der Waals surface area contributed by atoms with Gasteiger partial charge in [0.25, 0.3) is 0 Å². The zero-order chi connectivity index (χ0) is 20.6. The highest BCUT2D eigenvalue weighted by atomic mass is 32.2. The number of esters is 1. The summed E-state index contributed by atoms with van der Waals surface area (Å²) in [5.74, 6) is -0.548. The molecule has 0 spiro atoms. The minimum atomic E-state index is -3.02. The van der Waals surface area contributed by atoms with Gasteiger partial charge in [-0.2, -0.15) is 0 Å². The average Bonchev–Trinajstić information content (AvgIpc) is 3.13. The van der Waals surface area contributed by atoms with Crippen LogP contribution in [0.2, 0.25) is 0 Å². The van der Waals surface area contributed by atoms with E-state index < -0.39 is 15.8 Å². The van der Waals surface area contributed by atoms with Crippen LogP contribution >= 0.6 is 0 Å². The van der Waals surface area contributed by atoms with E-state index in [1.807, 2.05) is 31.4 Å². The predicted molar refractivity (Wildman–Crippen MR) is 107 cm³/mol. The van der Waals surface area contributed by atoms with Crippen molar-refractivity contribution in [2.45, 2.75) is 40.2 Å². The largest absolute Gasteiger partial charge is 0.454 e. The monoisotopic (exact) mass is 403 g/mol. The Hall–Kier alpha value is -2.41. The highest BCUT2D eigenvalue weighted by Crippen LogP contribution is 2.29. The SMILES string of the molecule is Cc1cccc(C(=O)OCC(=O)c2cc(C)n([C@@H]3CCS(=O)(=O)C3)c2C)c1C. The number of aryl methyl sites for hydroxylation is 2. The van der Waals surface area contributed by atoms with Crippen molar-refractivity contribution in [1.29, 1.82) is 0 Å². The van der Waals surface area contributed by atoms with Crippen LogP contribution in [0.3, 0.4) is 0 Å². The van der Waals surface area contributed by atoms with Crippen LogP contribution in [-0.4, -0.2) is 42.9 Å². The van der Waals surface area contributed by atoms with Gasteiger partial charge in [-0.3, -0.25) is 4.79 Å². The molecule has 28 heavy (non-hydrogen) atoms. The smallest absolute Gasteiger partial charge is 0.338 e. The summed E-state index contributed by atoms with van der Waals surface area (Å²) in [6.45, 7) is 7.07. The second-order valence-electron chi connectivity index (χ2n) is 7.46. The van der Waals surface area contributed by atoms with Gasteiger partial charge in [0, 0.05) is 23.0 Å². The maximum atomic E-state index is 12.7. The lowest BCUT2D eigenvalue weighted by Gasteiger charge is -2.16. The van der Waals surface area contributed by atoms with Crippen LogP contribution in [0.4, 0.5) is 0 Å². The molecule has 2 heterocycles. The van der Waals surface area contributed by atoms with Gasteiger partial charge in [-0.25, -0.2) is 13.2 Å². The Morgan fingerprint density at radius 2 is 1.86 bits per heavy atom. The summed E-state index contributed by atoms with van der Waals surface area (Å²) in [6.07, 6.45) is 0.550. The Kier molecular flexibility index (Phi) is 5.48. The van der Waals surface area contributed by atoms with Gasteiger partial charge in [-0.1, -0.05) is 12.1 Å². The molecule has 1 aromatic heterocycles. The van der Waals surface area contributed by atoms with Gasteiger partial charge in [0.05, 0.1) is 17.1 Å². The molecular formula is C21H25NO5S. The molecule has 3 rings (SSSR count). The number of aromatic nitrogens is 1. The second-order valence-corrected chi connectivity index (χ2v) is 9.69. The van der Waals surface area contributed by atoms with E-state index in [1.54, 1.807) is 25.1 Å². The number of Topliss-reactive ketones (excluding diaryl/α,β-unsaturated/α-hetero) is 1. The first-order valence-electron chi connectivity index (χ1n) is 9.26. The van der Waals surface area contributed by atoms with E-state index in [2.05, 4.69) is 0 Å². The number of carbonyl (C=O) groups excluding carboxylic acids is 2. The fourth-order valence-corrected chi connectivity index (χ4v) is 5.56. The van der Waals surface area contributed by atoms with Crippen molar-refractivity contribution in [3.63, 3.8) is 0 Å². The fraction of sp³-hybridized carbons (Fsp3) is 0.429. The van der Waals surface area contributed by atoms with Crippen molar-refractivity contribution < 1.29 is 22.7 Å². The minimum absolute atomic E-state index is 0.0958. The van der Waals surface area contributed by atoms with E-state index in [0.717, 1.165) is 16.8 Å². The van der Waals surface area contributed by atoms with Gasteiger partial charge in [0.15, 0.2) is 16.4 Å². The Bertz CT molecular complexity index is 1050. The lowest BCUT2D eigenvalue weighted by Crippen LogP contribution is -2.17. The Labute approximate surface area is 165 Å². The molecule has 1 atom stereocenters. The highest BCUT2D eigenvalue weighted by molar-refractivity contribution is 7.91. The standard InChI is InChI=1S/C21H25NO5S/c1-13-6-5-7-18(15(13)3)21(24)27-11-20(23)19-10-14(2)22(16(19)4)17-8-9-28(25,26)12-17/h5-7,10,17H,8-9,11-12H2,1-4H3/t17-/m1/s1. The molecule has 1 saturated heterocycles. The maximum Gasteiger partial charge on any atom is 0.338 e. The number of ketones is 1. The number of sulfone groups is 1. The highest BCUT2D eigenvalue weighted by Gasteiger charge is 2.31. The molecule has 0 aliphatic carbocycles. The van der Waals surface area contributed by atoms with Crippen LogP contribution in [0.25, 0.3) is 0 Å². The number of nitrogens with zero attached hydrogens (tertiary/aromatic N) is 1. The third-order valence-corrected chi connectivity index (χ3v) is 7.27. The van der Waals surface area contributed by atoms with E-state index in [0.29, 0.717) is 23.2 Å². The van der Waals surface area contributed by atoms with Crippen molar-refractivity contribution in [3.05, 3.63) is 57.9 Å². The summed E-state index contributed by atoms with van der Waals surface area (Å²) >= 11 is 0. The van der Waals surface area contributed by atoms with Crippen LogP contribution in [0.5, 0.6) is 0 Å². The molecule has 0 unspecified atom stereocenters. The number of carbonyl (C=O) groups is 2. The summed E-state index contributed by atoms with van der Waals surface area (Å²) < 4.78 is 30.8. The van der Waals surface area contributed by atoms with E-state index in [4.69, 9.17) is 4.74 Å². The Morgan fingerprint density at radius 1 is 1.14 bits per heavy atom. The molecule has 0 amide bonds. The molecule has 6 nitrogen and oxygen atoms in total.